The van der Waals surface area contributed by atoms with Crippen LogP contribution in [0.5, 0.6) is 0 Å². The van der Waals surface area contributed by atoms with E-state index in [1.165, 1.54) is 17.1 Å². The Morgan fingerprint density at radius 2 is 2.08 bits per heavy atom. The molecule has 2 unspecified atom stereocenters. The zero-order valence-corrected chi connectivity index (χ0v) is 21.8. The molecule has 2 aromatic heterocycles. The molecule has 21 heteroatoms. The number of rotatable bonds is 10. The standard InChI is InChI=1S/C19H21N9O10S2/c1-5(11-24-26-27-25-11)6-3-39-15-9(13(31)28(15)14(6)38-19(35)36)22-12(30)10(29)8-4-40-17(21-8)23-18(34)37-2-7(20)16(32)33/h4-5,7,9-10,15,29H,2-3,20H2,1H3,(H,22,30)(H,32,33)(H,35,36)(H,21,23,34)(H,24,25,26,27)/t5?,7-,9-,10?,15+/m1/s1. The molecule has 0 aromatic carbocycles. The lowest BCUT2D eigenvalue weighted by Gasteiger charge is -2.49. The van der Waals surface area contributed by atoms with Crippen LogP contribution < -0.4 is 16.4 Å². The number of fused-ring (bicyclic) bond motifs is 1. The van der Waals surface area contributed by atoms with Gasteiger partial charge in [0.15, 0.2) is 17.1 Å². The normalized spacial score (nSPS) is 20.5. The Kier molecular flexibility index (Phi) is 8.46. The number of aromatic amines is 1. The van der Waals surface area contributed by atoms with Crippen LogP contribution in [-0.4, -0.2) is 106 Å². The number of tetrazole rings is 1. The third-order valence-electron chi connectivity index (χ3n) is 5.67. The molecule has 8 N–H and O–H groups in total. The van der Waals surface area contributed by atoms with E-state index in [1.807, 2.05) is 0 Å². The number of aliphatic hydroxyl groups excluding tert-OH is 1. The first-order valence-electron chi connectivity index (χ1n) is 11.2. The number of nitrogens with two attached hydrogens (primary N) is 1. The van der Waals surface area contributed by atoms with Gasteiger partial charge in [0.25, 0.3) is 11.8 Å². The lowest BCUT2D eigenvalue weighted by Crippen LogP contribution is -2.70. The van der Waals surface area contributed by atoms with Gasteiger partial charge >= 0.3 is 18.2 Å². The molecule has 1 saturated heterocycles. The van der Waals surface area contributed by atoms with Crippen LogP contribution in [0.15, 0.2) is 16.8 Å². The van der Waals surface area contributed by atoms with Crippen molar-refractivity contribution in [3.8, 4) is 0 Å². The summed E-state index contributed by atoms with van der Waals surface area (Å²) >= 11 is 2.07. The smallest absolute Gasteiger partial charge is 0.480 e. The second-order valence-electron chi connectivity index (χ2n) is 8.23. The summed E-state index contributed by atoms with van der Waals surface area (Å²) in [6.45, 7) is 1.09. The molecule has 0 bridgehead atoms. The molecular weight excluding hydrogens is 578 g/mol. The number of aromatic nitrogens is 5. The molecule has 0 saturated carbocycles. The van der Waals surface area contributed by atoms with Crippen molar-refractivity contribution in [3.05, 3.63) is 28.4 Å². The topological polar surface area (TPSA) is 285 Å². The number of anilines is 1. The fourth-order valence-electron chi connectivity index (χ4n) is 3.59. The van der Waals surface area contributed by atoms with Crippen LogP contribution >= 0.6 is 23.1 Å². The minimum atomic E-state index is -1.82. The highest BCUT2D eigenvalue weighted by atomic mass is 32.2. The highest BCUT2D eigenvalue weighted by molar-refractivity contribution is 8.00. The number of ether oxygens (including phenoxy) is 2. The van der Waals surface area contributed by atoms with E-state index in [2.05, 4.69) is 41.0 Å². The Hall–Kier alpha value is -4.34. The SMILES string of the molecule is CC(C1=C(OC(=O)O)N2C(=O)[C@@H](NC(=O)C(O)c3csc(NC(=O)OC[C@@H](N)C(=O)O)n3)[C@@H]2SC1)c1nn[nH]n1. The van der Waals surface area contributed by atoms with E-state index in [-0.39, 0.29) is 28.3 Å². The van der Waals surface area contributed by atoms with Crippen LogP contribution in [-0.2, 0) is 23.9 Å². The average molecular weight is 600 g/mol. The predicted octanol–water partition coefficient (Wildman–Crippen LogP) is -1.24. The summed E-state index contributed by atoms with van der Waals surface area (Å²) in [5.74, 6) is -3.28. The maximum Gasteiger partial charge on any atom is 0.512 e. The Labute approximate surface area is 231 Å². The lowest BCUT2D eigenvalue weighted by molar-refractivity contribution is -0.150. The number of thioether (sulfide) groups is 1. The van der Waals surface area contributed by atoms with Gasteiger partial charge in [-0.2, -0.15) is 5.21 Å². The van der Waals surface area contributed by atoms with Crippen LogP contribution in [0, 0.1) is 0 Å². The molecule has 2 aliphatic rings. The fourth-order valence-corrected chi connectivity index (χ4v) is 5.75. The van der Waals surface area contributed by atoms with Crippen LogP contribution in [0.2, 0.25) is 0 Å². The van der Waals surface area contributed by atoms with Gasteiger partial charge in [0, 0.05) is 22.6 Å². The summed E-state index contributed by atoms with van der Waals surface area (Å²) in [4.78, 5) is 64.5. The fraction of sp³-hybridized carbons (Fsp3) is 0.421. The number of aliphatic hydroxyl groups is 1. The van der Waals surface area contributed by atoms with Crippen molar-refractivity contribution in [2.45, 2.75) is 36.4 Å². The molecule has 2 aromatic rings. The van der Waals surface area contributed by atoms with E-state index in [0.29, 0.717) is 5.57 Å². The van der Waals surface area contributed by atoms with Crippen LogP contribution in [0.25, 0.3) is 0 Å². The number of aliphatic carboxylic acids is 1. The number of nitrogens with one attached hydrogen (secondary N) is 3. The number of carbonyl (C=O) groups excluding carboxylic acids is 3. The second-order valence-corrected chi connectivity index (χ2v) is 10.2. The number of hydrogen-bond acceptors (Lipinski definition) is 15. The monoisotopic (exact) mass is 599 g/mol. The largest absolute Gasteiger partial charge is 0.512 e. The molecule has 2 aliphatic heterocycles. The molecule has 4 rings (SSSR count). The van der Waals surface area contributed by atoms with Gasteiger partial charge in [-0.3, -0.25) is 24.6 Å². The molecule has 40 heavy (non-hydrogen) atoms. The number of carboxylic acids is 1. The summed E-state index contributed by atoms with van der Waals surface area (Å²) in [6, 6.07) is -2.52. The summed E-state index contributed by atoms with van der Waals surface area (Å²) in [6.07, 6.45) is -4.51. The van der Waals surface area contributed by atoms with Crippen molar-refractivity contribution in [2.75, 3.05) is 17.7 Å². The first-order chi connectivity index (χ1) is 19.0. The van der Waals surface area contributed by atoms with Gasteiger partial charge in [-0.05, 0) is 0 Å². The molecule has 5 atom stereocenters. The molecule has 3 amide bonds. The van der Waals surface area contributed by atoms with E-state index in [0.717, 1.165) is 16.2 Å². The van der Waals surface area contributed by atoms with E-state index in [4.69, 9.17) is 15.6 Å². The zero-order valence-electron chi connectivity index (χ0n) is 20.2. The molecule has 1 fully saturated rings. The highest BCUT2D eigenvalue weighted by Gasteiger charge is 2.55. The van der Waals surface area contributed by atoms with Gasteiger partial charge in [-0.25, -0.2) is 14.6 Å². The van der Waals surface area contributed by atoms with Crippen molar-refractivity contribution < 1.29 is 48.8 Å². The van der Waals surface area contributed by atoms with Gasteiger partial charge in [-0.1, -0.05) is 12.1 Å². The molecule has 214 valence electrons. The average Bonchev–Trinajstić information content (AvgIpc) is 3.61. The summed E-state index contributed by atoms with van der Waals surface area (Å²) in [5.41, 5.74) is 5.52. The number of β-lactam (4-membered cyclic amide) rings is 1. The predicted molar refractivity (Wildman–Crippen MR) is 131 cm³/mol. The van der Waals surface area contributed by atoms with E-state index in [9.17, 15) is 34.2 Å². The molecule has 4 heterocycles. The first kappa shape index (κ1) is 28.7. The third kappa shape index (κ3) is 5.95. The van der Waals surface area contributed by atoms with Crippen LogP contribution in [0.4, 0.5) is 14.7 Å². The number of carbonyl (C=O) groups is 5. The number of nitrogens with zero attached hydrogens (tertiary/aromatic N) is 5. The lowest BCUT2D eigenvalue weighted by atomic mass is 9.99. The van der Waals surface area contributed by atoms with Crippen molar-refractivity contribution in [3.63, 3.8) is 0 Å². The molecular formula is C19H21N9O10S2. The van der Waals surface area contributed by atoms with Gasteiger partial charge in [-0.15, -0.1) is 33.3 Å². The summed E-state index contributed by atoms with van der Waals surface area (Å²) < 4.78 is 9.59. The van der Waals surface area contributed by atoms with E-state index < -0.39 is 66.1 Å². The van der Waals surface area contributed by atoms with Crippen molar-refractivity contribution in [1.29, 1.82) is 0 Å². The Bertz CT molecular complexity index is 1350. The maximum atomic E-state index is 13.0. The van der Waals surface area contributed by atoms with Crippen molar-refractivity contribution in [2.24, 2.45) is 5.73 Å². The molecule has 19 nitrogen and oxygen atoms in total. The van der Waals surface area contributed by atoms with Crippen molar-refractivity contribution in [1.82, 2.24) is 35.8 Å². The quantitative estimate of drug-likeness (QED) is 0.124. The number of carboxylic acid groups (broad SMARTS) is 2. The van der Waals surface area contributed by atoms with Gasteiger partial charge in [0.2, 0.25) is 5.88 Å². The first-order valence-corrected chi connectivity index (χ1v) is 13.1. The molecule has 0 aliphatic carbocycles. The van der Waals surface area contributed by atoms with Crippen molar-refractivity contribution >= 4 is 58.3 Å². The van der Waals surface area contributed by atoms with Gasteiger partial charge in [0.05, 0.1) is 5.69 Å². The second kappa shape index (κ2) is 11.8. The Morgan fingerprint density at radius 1 is 1.32 bits per heavy atom. The van der Waals surface area contributed by atoms with E-state index >= 15 is 0 Å². The number of amides is 3. The number of hydrogen-bond donors (Lipinski definition) is 7. The maximum absolute atomic E-state index is 13.0. The number of thiazole rings is 1. The third-order valence-corrected chi connectivity index (χ3v) is 7.75. The van der Waals surface area contributed by atoms with E-state index in [1.54, 1.807) is 6.92 Å². The van der Waals surface area contributed by atoms with Gasteiger partial charge < -0.3 is 35.8 Å². The summed E-state index contributed by atoms with van der Waals surface area (Å²) in [5, 5.41) is 47.1. The molecule has 0 radical (unpaired) electrons. The van der Waals surface area contributed by atoms with Crippen LogP contribution in [0.3, 0.4) is 0 Å². The Balaban J connectivity index is 1.38. The number of H-pyrrole nitrogens is 1. The Morgan fingerprint density at radius 3 is 2.73 bits per heavy atom. The highest BCUT2D eigenvalue weighted by Crippen LogP contribution is 2.44. The zero-order chi connectivity index (χ0) is 29.1. The minimum Gasteiger partial charge on any atom is -0.480 e. The van der Waals surface area contributed by atoms with Gasteiger partial charge in [0.1, 0.15) is 24.1 Å². The summed E-state index contributed by atoms with van der Waals surface area (Å²) in [7, 11) is 0. The molecule has 0 spiro atoms. The van der Waals surface area contributed by atoms with Crippen LogP contribution in [0.1, 0.15) is 30.5 Å². The minimum absolute atomic E-state index is 0.0617.